The van der Waals surface area contributed by atoms with E-state index in [1.165, 1.54) is 0 Å². The van der Waals surface area contributed by atoms with Crippen molar-refractivity contribution in [1.29, 1.82) is 0 Å². The molecule has 4 heteroatoms. The van der Waals surface area contributed by atoms with E-state index in [1.54, 1.807) is 6.92 Å². The van der Waals surface area contributed by atoms with E-state index in [-0.39, 0.29) is 25.4 Å². The zero-order valence-electron chi connectivity index (χ0n) is 7.23. The lowest BCUT2D eigenvalue weighted by molar-refractivity contribution is -0.158. The van der Waals surface area contributed by atoms with E-state index in [0.717, 1.165) is 0 Å². The molecule has 72 valence electrons. The summed E-state index contributed by atoms with van der Waals surface area (Å²) in [5.74, 6) is 0. The van der Waals surface area contributed by atoms with Crippen LogP contribution in [0.4, 0.5) is 0 Å². The third-order valence-corrected chi connectivity index (χ3v) is 2.13. The highest BCUT2D eigenvalue weighted by Gasteiger charge is 2.35. The maximum atomic E-state index is 9.68. The zero-order valence-corrected chi connectivity index (χ0v) is 7.23. The molecule has 0 aromatic rings. The molecule has 1 rings (SSSR count). The van der Waals surface area contributed by atoms with Crippen molar-refractivity contribution >= 4 is 0 Å². The molecule has 2 atom stereocenters. The highest BCUT2D eigenvalue weighted by molar-refractivity contribution is 4.85. The minimum absolute atomic E-state index is 0.105. The number of rotatable bonds is 2. The van der Waals surface area contributed by atoms with Crippen molar-refractivity contribution in [2.75, 3.05) is 13.2 Å². The minimum atomic E-state index is -0.820. The van der Waals surface area contributed by atoms with Crippen LogP contribution in [0, 0.1) is 0 Å². The molecule has 0 saturated carbocycles. The van der Waals surface area contributed by atoms with Crippen molar-refractivity contribution in [1.82, 2.24) is 0 Å². The Morgan fingerprint density at radius 2 is 1.67 bits per heavy atom. The Balaban J connectivity index is 2.53. The average molecular weight is 176 g/mol. The number of ether oxygens (including phenoxy) is 1. The molecule has 1 aliphatic heterocycles. The predicted octanol–water partition coefficient (Wildman–Crippen LogP) is -0.730. The first-order valence-corrected chi connectivity index (χ1v) is 4.17. The third-order valence-electron chi connectivity index (χ3n) is 2.13. The largest absolute Gasteiger partial charge is 0.394 e. The van der Waals surface area contributed by atoms with Gasteiger partial charge < -0.3 is 20.1 Å². The molecule has 0 bridgehead atoms. The maximum absolute atomic E-state index is 9.68. The fraction of sp³-hybridized carbons (Fsp3) is 1.00. The predicted molar refractivity (Wildman–Crippen MR) is 42.7 cm³/mol. The van der Waals surface area contributed by atoms with Crippen LogP contribution in [0.5, 0.6) is 0 Å². The average Bonchev–Trinajstić information content (AvgIpc) is 2.01. The molecular formula is C8H16O4. The number of aliphatic hydroxyl groups is 3. The van der Waals surface area contributed by atoms with Crippen LogP contribution in [0.1, 0.15) is 19.8 Å². The summed E-state index contributed by atoms with van der Waals surface area (Å²) in [5, 5.41) is 27.3. The number of aliphatic hydroxyl groups excluding tert-OH is 2. The van der Waals surface area contributed by atoms with Gasteiger partial charge in [-0.3, -0.25) is 0 Å². The van der Waals surface area contributed by atoms with Gasteiger partial charge in [-0.1, -0.05) is 0 Å². The molecule has 0 amide bonds. The summed E-state index contributed by atoms with van der Waals surface area (Å²) in [4.78, 5) is 0. The fourth-order valence-electron chi connectivity index (χ4n) is 1.65. The van der Waals surface area contributed by atoms with E-state index in [4.69, 9.17) is 14.9 Å². The summed E-state index contributed by atoms with van der Waals surface area (Å²) >= 11 is 0. The minimum Gasteiger partial charge on any atom is -0.394 e. The van der Waals surface area contributed by atoms with Gasteiger partial charge in [-0.2, -0.15) is 0 Å². The SMILES string of the molecule is CC1(O)C[C@@H](CO)O[C@H](CO)C1. The summed E-state index contributed by atoms with van der Waals surface area (Å²) in [7, 11) is 0. The van der Waals surface area contributed by atoms with Gasteiger partial charge in [-0.25, -0.2) is 0 Å². The molecule has 1 fully saturated rings. The molecule has 1 heterocycles. The van der Waals surface area contributed by atoms with Crippen LogP contribution < -0.4 is 0 Å². The van der Waals surface area contributed by atoms with Crippen LogP contribution in [-0.4, -0.2) is 46.3 Å². The summed E-state index contributed by atoms with van der Waals surface area (Å²) in [6, 6.07) is 0. The summed E-state index contributed by atoms with van der Waals surface area (Å²) < 4.78 is 5.26. The first kappa shape index (κ1) is 9.92. The Bertz CT molecular complexity index is 132. The lowest BCUT2D eigenvalue weighted by Gasteiger charge is -2.37. The fourth-order valence-corrected chi connectivity index (χ4v) is 1.65. The van der Waals surface area contributed by atoms with Gasteiger partial charge in [-0.15, -0.1) is 0 Å². The Morgan fingerprint density at radius 1 is 1.25 bits per heavy atom. The Morgan fingerprint density at radius 3 is 2.00 bits per heavy atom. The standard InChI is InChI=1S/C8H16O4/c1-8(11)2-6(4-9)12-7(3-8)5-10/h6-7,9-11H,2-5H2,1H3/t6-,7-/m0/s1. The van der Waals surface area contributed by atoms with Crippen LogP contribution >= 0.6 is 0 Å². The molecule has 0 aliphatic carbocycles. The van der Waals surface area contributed by atoms with E-state index in [0.29, 0.717) is 12.8 Å². The Labute approximate surface area is 71.8 Å². The summed E-state index contributed by atoms with van der Waals surface area (Å²) in [6.45, 7) is 1.49. The number of hydrogen-bond donors (Lipinski definition) is 3. The van der Waals surface area contributed by atoms with Gasteiger partial charge in [0.05, 0.1) is 31.0 Å². The second-order valence-corrected chi connectivity index (χ2v) is 3.65. The first-order chi connectivity index (χ1) is 5.57. The third kappa shape index (κ3) is 2.42. The molecule has 3 N–H and O–H groups in total. The monoisotopic (exact) mass is 176 g/mol. The van der Waals surface area contributed by atoms with Crippen molar-refractivity contribution in [3.63, 3.8) is 0 Å². The topological polar surface area (TPSA) is 69.9 Å². The van der Waals surface area contributed by atoms with Gasteiger partial charge in [0.2, 0.25) is 0 Å². The van der Waals surface area contributed by atoms with Gasteiger partial charge in [-0.05, 0) is 6.92 Å². The van der Waals surface area contributed by atoms with Crippen molar-refractivity contribution in [2.45, 2.75) is 37.6 Å². The normalized spacial score (nSPS) is 43.0. The molecule has 0 aromatic heterocycles. The molecule has 0 radical (unpaired) electrons. The lowest BCUT2D eigenvalue weighted by Crippen LogP contribution is -2.45. The van der Waals surface area contributed by atoms with Crippen molar-refractivity contribution in [3.05, 3.63) is 0 Å². The van der Waals surface area contributed by atoms with Crippen LogP contribution in [0.2, 0.25) is 0 Å². The van der Waals surface area contributed by atoms with Gasteiger partial charge in [0, 0.05) is 12.8 Å². The Hall–Kier alpha value is -0.160. The van der Waals surface area contributed by atoms with E-state index < -0.39 is 5.60 Å². The van der Waals surface area contributed by atoms with Gasteiger partial charge in [0.15, 0.2) is 0 Å². The molecule has 0 aromatic carbocycles. The van der Waals surface area contributed by atoms with Gasteiger partial charge in [0.25, 0.3) is 0 Å². The molecular weight excluding hydrogens is 160 g/mol. The van der Waals surface area contributed by atoms with Gasteiger partial charge in [0.1, 0.15) is 0 Å². The van der Waals surface area contributed by atoms with E-state index in [2.05, 4.69) is 0 Å². The van der Waals surface area contributed by atoms with E-state index in [1.807, 2.05) is 0 Å². The van der Waals surface area contributed by atoms with Crippen LogP contribution in [0.25, 0.3) is 0 Å². The smallest absolute Gasteiger partial charge is 0.0837 e. The van der Waals surface area contributed by atoms with Crippen molar-refractivity contribution in [3.8, 4) is 0 Å². The maximum Gasteiger partial charge on any atom is 0.0837 e. The summed E-state index contributed by atoms with van der Waals surface area (Å²) in [5.41, 5.74) is -0.820. The highest BCUT2D eigenvalue weighted by atomic mass is 16.5. The van der Waals surface area contributed by atoms with Crippen LogP contribution in [-0.2, 0) is 4.74 Å². The molecule has 12 heavy (non-hydrogen) atoms. The first-order valence-electron chi connectivity index (χ1n) is 4.17. The molecule has 1 aliphatic rings. The van der Waals surface area contributed by atoms with Gasteiger partial charge >= 0.3 is 0 Å². The second kappa shape index (κ2) is 3.70. The number of hydrogen-bond acceptors (Lipinski definition) is 4. The van der Waals surface area contributed by atoms with Crippen molar-refractivity contribution in [2.24, 2.45) is 0 Å². The molecule has 0 unspecified atom stereocenters. The molecule has 4 nitrogen and oxygen atoms in total. The van der Waals surface area contributed by atoms with Crippen LogP contribution in [0.15, 0.2) is 0 Å². The lowest BCUT2D eigenvalue weighted by atomic mass is 9.89. The van der Waals surface area contributed by atoms with Crippen molar-refractivity contribution < 1.29 is 20.1 Å². The highest BCUT2D eigenvalue weighted by Crippen LogP contribution is 2.27. The van der Waals surface area contributed by atoms with E-state index >= 15 is 0 Å². The molecule has 0 spiro atoms. The summed E-state index contributed by atoms with van der Waals surface area (Å²) in [6.07, 6.45) is 0.178. The second-order valence-electron chi connectivity index (χ2n) is 3.65. The van der Waals surface area contributed by atoms with Crippen LogP contribution in [0.3, 0.4) is 0 Å². The zero-order chi connectivity index (χ0) is 9.19. The van der Waals surface area contributed by atoms with E-state index in [9.17, 15) is 5.11 Å². The quantitative estimate of drug-likeness (QED) is 0.519. The molecule has 1 saturated heterocycles. The Kier molecular flexibility index (Phi) is 3.06.